The van der Waals surface area contributed by atoms with Crippen molar-refractivity contribution in [2.45, 2.75) is 89.9 Å². The maximum Gasteiger partial charge on any atom is 0.134 e. The zero-order chi connectivity index (χ0) is 20.9. The summed E-state index contributed by atoms with van der Waals surface area (Å²) in [6.45, 7) is 2.29. The highest BCUT2D eigenvalue weighted by Crippen LogP contribution is 2.48. The van der Waals surface area contributed by atoms with Crippen molar-refractivity contribution >= 4 is 10.8 Å². The number of hydrogen-bond donors (Lipinski definition) is 0. The first-order valence-electron chi connectivity index (χ1n) is 12.4. The van der Waals surface area contributed by atoms with E-state index < -0.39 is 0 Å². The predicted octanol–water partition coefficient (Wildman–Crippen LogP) is 8.65. The Morgan fingerprint density at radius 1 is 0.900 bits per heavy atom. The lowest BCUT2D eigenvalue weighted by atomic mass is 9.63. The summed E-state index contributed by atoms with van der Waals surface area (Å²) in [7, 11) is 1.59. The Bertz CT molecular complexity index is 829. The van der Waals surface area contributed by atoms with Crippen molar-refractivity contribution in [3.05, 3.63) is 41.7 Å². The Labute approximate surface area is 182 Å². The van der Waals surface area contributed by atoms with Crippen LogP contribution < -0.4 is 4.74 Å². The van der Waals surface area contributed by atoms with Gasteiger partial charge in [0, 0.05) is 11.5 Å². The minimum atomic E-state index is -0.167. The second-order valence-corrected chi connectivity index (χ2v) is 10.0. The topological polar surface area (TPSA) is 9.23 Å². The monoisotopic (exact) mass is 410 g/mol. The predicted molar refractivity (Wildman–Crippen MR) is 125 cm³/mol. The Morgan fingerprint density at radius 2 is 1.70 bits per heavy atom. The van der Waals surface area contributed by atoms with Gasteiger partial charge in [-0.1, -0.05) is 64.0 Å². The molecule has 0 heterocycles. The Kier molecular flexibility index (Phi) is 7.33. The molecule has 30 heavy (non-hydrogen) atoms. The molecule has 0 aromatic heterocycles. The average molecular weight is 411 g/mol. The fourth-order valence-corrected chi connectivity index (χ4v) is 6.26. The molecule has 2 aliphatic carbocycles. The Balaban J connectivity index is 1.34. The minimum absolute atomic E-state index is 0.167. The van der Waals surface area contributed by atoms with Gasteiger partial charge in [0.2, 0.25) is 0 Å². The summed E-state index contributed by atoms with van der Waals surface area (Å²) in [5.41, 5.74) is 1.34. The van der Waals surface area contributed by atoms with E-state index in [0.717, 1.165) is 28.5 Å². The first-order chi connectivity index (χ1) is 14.7. The fourth-order valence-electron chi connectivity index (χ4n) is 6.26. The van der Waals surface area contributed by atoms with E-state index in [1.54, 1.807) is 7.11 Å². The van der Waals surface area contributed by atoms with E-state index in [1.807, 2.05) is 6.07 Å². The second-order valence-electron chi connectivity index (χ2n) is 10.0. The van der Waals surface area contributed by atoms with E-state index in [4.69, 9.17) is 4.74 Å². The minimum Gasteiger partial charge on any atom is -0.497 e. The molecule has 0 N–H and O–H groups in total. The highest BCUT2D eigenvalue weighted by molar-refractivity contribution is 5.85. The maximum absolute atomic E-state index is 14.6. The van der Waals surface area contributed by atoms with Gasteiger partial charge in [-0.15, -0.1) is 0 Å². The molecule has 0 amide bonds. The molecule has 0 bridgehead atoms. The molecule has 2 aromatic carbocycles. The molecule has 0 saturated heterocycles. The lowest BCUT2D eigenvalue weighted by molar-refractivity contribution is 0.113. The molecule has 2 fully saturated rings. The van der Waals surface area contributed by atoms with Crippen molar-refractivity contribution in [2.75, 3.05) is 7.11 Å². The SMILES string of the molecule is CCCCCCCC1CCC2CC(c3ccc4cc(OC)cc(F)c4c3)CCC2C1. The van der Waals surface area contributed by atoms with Crippen LogP contribution in [0.2, 0.25) is 0 Å². The van der Waals surface area contributed by atoms with Gasteiger partial charge < -0.3 is 4.74 Å². The van der Waals surface area contributed by atoms with Crippen molar-refractivity contribution in [3.63, 3.8) is 0 Å². The summed E-state index contributed by atoms with van der Waals surface area (Å²) in [4.78, 5) is 0. The number of benzene rings is 2. The number of ether oxygens (including phenoxy) is 1. The molecule has 164 valence electrons. The zero-order valence-corrected chi connectivity index (χ0v) is 19.0. The molecule has 2 aliphatic rings. The van der Waals surface area contributed by atoms with Gasteiger partial charge >= 0.3 is 0 Å². The standard InChI is InChI=1S/C28H39FO/c1-3-4-5-6-7-8-20-9-10-22-16-23(12-11-21(22)15-20)24-13-14-25-17-26(30-2)19-28(29)27(25)18-24/h13-14,17-23H,3-12,15-16H2,1-2H3. The van der Waals surface area contributed by atoms with E-state index in [1.165, 1.54) is 88.7 Å². The molecule has 2 aromatic rings. The van der Waals surface area contributed by atoms with Gasteiger partial charge in [-0.25, -0.2) is 4.39 Å². The third kappa shape index (κ3) is 5.01. The van der Waals surface area contributed by atoms with E-state index in [-0.39, 0.29) is 5.82 Å². The van der Waals surface area contributed by atoms with E-state index in [2.05, 4.69) is 25.1 Å². The quantitative estimate of drug-likeness (QED) is 0.396. The van der Waals surface area contributed by atoms with Gasteiger partial charge in [-0.3, -0.25) is 0 Å². The number of hydrogen-bond acceptors (Lipinski definition) is 1. The molecule has 0 radical (unpaired) electrons. The summed E-state index contributed by atoms with van der Waals surface area (Å²) in [5.74, 6) is 3.83. The van der Waals surface area contributed by atoms with Crippen LogP contribution in [0.5, 0.6) is 5.75 Å². The van der Waals surface area contributed by atoms with Crippen LogP contribution in [0.25, 0.3) is 10.8 Å². The van der Waals surface area contributed by atoms with Crippen molar-refractivity contribution in [1.82, 2.24) is 0 Å². The van der Waals surface area contributed by atoms with Crippen molar-refractivity contribution in [2.24, 2.45) is 17.8 Å². The molecular weight excluding hydrogens is 371 g/mol. The molecule has 2 saturated carbocycles. The van der Waals surface area contributed by atoms with Gasteiger partial charge in [0.15, 0.2) is 0 Å². The Hall–Kier alpha value is -1.57. The van der Waals surface area contributed by atoms with E-state index in [0.29, 0.717) is 11.7 Å². The van der Waals surface area contributed by atoms with Gasteiger partial charge in [-0.05, 0) is 78.9 Å². The third-order valence-electron chi connectivity index (χ3n) is 8.05. The molecule has 4 atom stereocenters. The zero-order valence-electron chi connectivity index (χ0n) is 19.0. The van der Waals surface area contributed by atoms with Crippen molar-refractivity contribution < 1.29 is 9.13 Å². The number of halogens is 1. The van der Waals surface area contributed by atoms with Gasteiger partial charge in [0.05, 0.1) is 7.11 Å². The highest BCUT2D eigenvalue weighted by atomic mass is 19.1. The molecular formula is C28H39FO. The van der Waals surface area contributed by atoms with Crippen LogP contribution in [0, 0.1) is 23.6 Å². The van der Waals surface area contributed by atoms with Crippen LogP contribution in [0.3, 0.4) is 0 Å². The smallest absolute Gasteiger partial charge is 0.134 e. The molecule has 4 unspecified atom stereocenters. The number of unbranched alkanes of at least 4 members (excludes halogenated alkanes) is 4. The molecule has 1 nitrogen and oxygen atoms in total. The van der Waals surface area contributed by atoms with Crippen molar-refractivity contribution in [3.8, 4) is 5.75 Å². The van der Waals surface area contributed by atoms with Gasteiger partial charge in [0.25, 0.3) is 0 Å². The van der Waals surface area contributed by atoms with Crippen LogP contribution in [-0.2, 0) is 0 Å². The second kappa shape index (κ2) is 10.2. The van der Waals surface area contributed by atoms with Crippen LogP contribution in [0.15, 0.2) is 30.3 Å². The highest BCUT2D eigenvalue weighted by Gasteiger charge is 2.35. The fraction of sp³-hybridized carbons (Fsp3) is 0.643. The first kappa shape index (κ1) is 21.7. The molecule has 0 spiro atoms. The maximum atomic E-state index is 14.6. The number of rotatable bonds is 8. The Morgan fingerprint density at radius 3 is 2.53 bits per heavy atom. The third-order valence-corrected chi connectivity index (χ3v) is 8.05. The summed E-state index contributed by atoms with van der Waals surface area (Å²) < 4.78 is 19.8. The lowest BCUT2D eigenvalue weighted by Gasteiger charge is -2.42. The lowest BCUT2D eigenvalue weighted by Crippen LogP contribution is -2.30. The summed E-state index contributed by atoms with van der Waals surface area (Å²) in [6.07, 6.45) is 16.8. The molecule has 2 heteroatoms. The van der Waals surface area contributed by atoms with Crippen LogP contribution in [-0.4, -0.2) is 7.11 Å². The largest absolute Gasteiger partial charge is 0.497 e. The molecule has 0 aliphatic heterocycles. The van der Waals surface area contributed by atoms with Crippen molar-refractivity contribution in [1.29, 1.82) is 0 Å². The number of methoxy groups -OCH3 is 1. The first-order valence-corrected chi connectivity index (χ1v) is 12.4. The number of fused-ring (bicyclic) bond motifs is 2. The summed E-state index contributed by atoms with van der Waals surface area (Å²) in [6, 6.07) is 9.86. The van der Waals surface area contributed by atoms with Gasteiger partial charge in [-0.2, -0.15) is 0 Å². The normalized spacial score (nSPS) is 26.5. The van der Waals surface area contributed by atoms with Crippen LogP contribution in [0.1, 0.15) is 95.5 Å². The van der Waals surface area contributed by atoms with Gasteiger partial charge in [0.1, 0.15) is 11.6 Å². The van der Waals surface area contributed by atoms with E-state index in [9.17, 15) is 4.39 Å². The van der Waals surface area contributed by atoms with Crippen LogP contribution in [0.4, 0.5) is 4.39 Å². The molecule has 4 rings (SSSR count). The van der Waals surface area contributed by atoms with E-state index >= 15 is 0 Å². The van der Waals surface area contributed by atoms with Crippen LogP contribution >= 0.6 is 0 Å². The average Bonchev–Trinajstić information content (AvgIpc) is 2.78. The summed E-state index contributed by atoms with van der Waals surface area (Å²) in [5, 5.41) is 1.67. The summed E-state index contributed by atoms with van der Waals surface area (Å²) >= 11 is 0.